The van der Waals surface area contributed by atoms with Crippen molar-refractivity contribution < 1.29 is 19.1 Å². The van der Waals surface area contributed by atoms with Gasteiger partial charge in [-0.2, -0.15) is 5.10 Å². The third-order valence-electron chi connectivity index (χ3n) is 6.19. The molecule has 1 fully saturated rings. The molecule has 0 spiro atoms. The van der Waals surface area contributed by atoms with E-state index in [9.17, 15) is 14.4 Å². The summed E-state index contributed by atoms with van der Waals surface area (Å²) >= 11 is 0. The van der Waals surface area contributed by atoms with Gasteiger partial charge < -0.3 is 19.9 Å². The van der Waals surface area contributed by atoms with Crippen molar-refractivity contribution in [1.82, 2.24) is 24.9 Å². The Labute approximate surface area is 193 Å². The van der Waals surface area contributed by atoms with E-state index in [1.165, 1.54) is 0 Å². The summed E-state index contributed by atoms with van der Waals surface area (Å²) in [6.07, 6.45) is 3.10. The highest BCUT2D eigenvalue weighted by Gasteiger charge is 2.35. The van der Waals surface area contributed by atoms with Crippen LogP contribution in [0.5, 0.6) is 0 Å². The van der Waals surface area contributed by atoms with Crippen LogP contribution >= 0.6 is 0 Å². The van der Waals surface area contributed by atoms with E-state index < -0.39 is 6.04 Å². The molecule has 0 saturated carbocycles. The number of aryl methyl sites for hydroxylation is 1. The van der Waals surface area contributed by atoms with Gasteiger partial charge in [-0.25, -0.2) is 0 Å². The van der Waals surface area contributed by atoms with Crippen molar-refractivity contribution >= 4 is 17.7 Å². The second-order valence-electron chi connectivity index (χ2n) is 8.50. The monoisotopic (exact) mass is 453 g/mol. The lowest BCUT2D eigenvalue weighted by Gasteiger charge is -2.34. The van der Waals surface area contributed by atoms with Crippen LogP contribution in [-0.4, -0.2) is 76.7 Å². The van der Waals surface area contributed by atoms with Crippen LogP contribution in [0.25, 0.3) is 0 Å². The molecular formula is C24H31N5O4. The van der Waals surface area contributed by atoms with Crippen molar-refractivity contribution in [2.24, 2.45) is 0 Å². The van der Waals surface area contributed by atoms with Gasteiger partial charge in [-0.05, 0) is 31.2 Å². The lowest BCUT2D eigenvalue weighted by atomic mass is 10.0. The van der Waals surface area contributed by atoms with E-state index in [0.29, 0.717) is 51.4 Å². The molecule has 1 atom stereocenters. The number of carbonyl (C=O) groups is 3. The average molecular weight is 454 g/mol. The molecule has 2 aliphatic heterocycles. The van der Waals surface area contributed by atoms with Crippen molar-refractivity contribution in [2.75, 3.05) is 33.4 Å². The zero-order valence-corrected chi connectivity index (χ0v) is 19.0. The highest BCUT2D eigenvalue weighted by atomic mass is 16.5. The van der Waals surface area contributed by atoms with Crippen LogP contribution in [-0.2, 0) is 22.6 Å². The first kappa shape index (κ1) is 23.0. The highest BCUT2D eigenvalue weighted by Crippen LogP contribution is 2.22. The lowest BCUT2D eigenvalue weighted by Crippen LogP contribution is -2.52. The van der Waals surface area contributed by atoms with Crippen molar-refractivity contribution in [1.29, 1.82) is 0 Å². The molecule has 4 rings (SSSR count). The normalized spacial score (nSPS) is 18.6. The first-order valence-corrected chi connectivity index (χ1v) is 11.6. The number of aromatic nitrogens is 2. The number of carbonyl (C=O) groups excluding carboxylic acids is 3. The van der Waals surface area contributed by atoms with E-state index in [4.69, 9.17) is 4.74 Å². The maximum atomic E-state index is 13.3. The summed E-state index contributed by atoms with van der Waals surface area (Å²) in [4.78, 5) is 42.7. The molecule has 2 aliphatic rings. The summed E-state index contributed by atoms with van der Waals surface area (Å²) in [5, 5.41) is 7.31. The van der Waals surface area contributed by atoms with Crippen molar-refractivity contribution in [3.05, 3.63) is 53.3 Å². The van der Waals surface area contributed by atoms with Gasteiger partial charge in [-0.3, -0.25) is 19.1 Å². The predicted molar refractivity (Wildman–Crippen MR) is 122 cm³/mol. The molecule has 0 radical (unpaired) electrons. The van der Waals surface area contributed by atoms with Gasteiger partial charge in [0.1, 0.15) is 11.7 Å². The molecule has 0 aliphatic carbocycles. The number of hydrogen-bond donors (Lipinski definition) is 1. The summed E-state index contributed by atoms with van der Waals surface area (Å²) in [5.74, 6) is -0.606. The third-order valence-corrected chi connectivity index (χ3v) is 6.19. The molecule has 1 aromatic carbocycles. The lowest BCUT2D eigenvalue weighted by molar-refractivity contribution is -0.126. The minimum atomic E-state index is -0.533. The number of hydrogen-bond acceptors (Lipinski definition) is 5. The number of piperidine rings is 1. The quantitative estimate of drug-likeness (QED) is 0.644. The first-order chi connectivity index (χ1) is 16.1. The molecule has 9 heteroatoms. The topological polar surface area (TPSA) is 96.8 Å². The summed E-state index contributed by atoms with van der Waals surface area (Å²) in [7, 11) is 1.58. The van der Waals surface area contributed by atoms with Crippen LogP contribution in [0.1, 0.15) is 52.2 Å². The summed E-state index contributed by atoms with van der Waals surface area (Å²) in [6, 6.07) is 10.9. The first-order valence-electron chi connectivity index (χ1n) is 11.6. The number of likely N-dealkylation sites (tertiary alicyclic amines) is 1. The van der Waals surface area contributed by atoms with E-state index in [2.05, 4.69) is 10.4 Å². The highest BCUT2D eigenvalue weighted by molar-refractivity contribution is 5.99. The van der Waals surface area contributed by atoms with Crippen molar-refractivity contribution in [3.63, 3.8) is 0 Å². The second kappa shape index (κ2) is 10.6. The molecule has 1 aromatic heterocycles. The fourth-order valence-electron chi connectivity index (χ4n) is 4.48. The molecule has 1 saturated heterocycles. The van der Waals surface area contributed by atoms with E-state index in [1.807, 2.05) is 30.3 Å². The fraction of sp³-hybridized carbons (Fsp3) is 0.500. The van der Waals surface area contributed by atoms with Crippen molar-refractivity contribution in [3.8, 4) is 0 Å². The predicted octanol–water partition coefficient (Wildman–Crippen LogP) is 1.69. The van der Waals surface area contributed by atoms with Crippen LogP contribution in [0.3, 0.4) is 0 Å². The number of benzene rings is 1. The Morgan fingerprint density at radius 2 is 1.94 bits per heavy atom. The maximum absolute atomic E-state index is 13.3. The number of methoxy groups -OCH3 is 1. The fourth-order valence-corrected chi connectivity index (χ4v) is 4.48. The number of fused-ring (bicyclic) bond motifs is 1. The Bertz CT molecular complexity index is 990. The summed E-state index contributed by atoms with van der Waals surface area (Å²) in [6.45, 7) is 3.04. The van der Waals surface area contributed by atoms with E-state index in [-0.39, 0.29) is 23.4 Å². The number of nitrogens with zero attached hydrogens (tertiary/aromatic N) is 4. The van der Waals surface area contributed by atoms with Gasteiger partial charge in [0.25, 0.3) is 11.8 Å². The van der Waals surface area contributed by atoms with Gasteiger partial charge >= 0.3 is 0 Å². The van der Waals surface area contributed by atoms with Gasteiger partial charge in [0.2, 0.25) is 5.91 Å². The molecule has 2 aromatic rings. The zero-order chi connectivity index (χ0) is 23.2. The van der Waals surface area contributed by atoms with E-state index in [0.717, 1.165) is 24.8 Å². The minimum absolute atomic E-state index is 0.129. The molecule has 3 heterocycles. The maximum Gasteiger partial charge on any atom is 0.275 e. The second-order valence-corrected chi connectivity index (χ2v) is 8.50. The Morgan fingerprint density at radius 1 is 1.12 bits per heavy atom. The van der Waals surface area contributed by atoms with E-state index >= 15 is 0 Å². The van der Waals surface area contributed by atoms with Crippen molar-refractivity contribution in [2.45, 2.75) is 44.8 Å². The van der Waals surface area contributed by atoms with Gasteiger partial charge in [0.15, 0.2) is 5.69 Å². The van der Waals surface area contributed by atoms with E-state index in [1.54, 1.807) is 27.7 Å². The SMILES string of the molecule is COCCNC(=O)[C@@H]1CCCCN1C(=O)c1cc2n(n1)CCCN(Cc1ccccc1)C2=O. The van der Waals surface area contributed by atoms with Gasteiger partial charge in [-0.1, -0.05) is 30.3 Å². The molecule has 176 valence electrons. The van der Waals surface area contributed by atoms with Crippen LogP contribution in [0, 0.1) is 0 Å². The molecule has 0 unspecified atom stereocenters. The summed E-state index contributed by atoms with van der Waals surface area (Å²) < 4.78 is 6.63. The Hall–Kier alpha value is -3.20. The smallest absolute Gasteiger partial charge is 0.275 e. The standard InChI is InChI=1S/C24H31N5O4/c1-33-15-11-25-22(30)20-10-5-6-13-28(20)23(31)19-16-21-24(32)27(12-7-14-29(21)26-19)17-18-8-3-2-4-9-18/h2-4,8-9,16,20H,5-7,10-15,17H2,1H3,(H,25,30)/t20-/m0/s1. The number of amides is 3. The van der Waals surface area contributed by atoms with Crippen LogP contribution in [0.2, 0.25) is 0 Å². The molecule has 9 nitrogen and oxygen atoms in total. The van der Waals surface area contributed by atoms with Crippen LogP contribution < -0.4 is 5.32 Å². The van der Waals surface area contributed by atoms with Crippen LogP contribution in [0.15, 0.2) is 36.4 Å². The summed E-state index contributed by atoms with van der Waals surface area (Å²) in [5.41, 5.74) is 1.70. The Kier molecular flexibility index (Phi) is 7.39. The number of rotatable bonds is 7. The van der Waals surface area contributed by atoms with Gasteiger partial charge in [0, 0.05) is 45.9 Å². The molecular weight excluding hydrogens is 422 g/mol. The largest absolute Gasteiger partial charge is 0.383 e. The van der Waals surface area contributed by atoms with Crippen LogP contribution in [0.4, 0.5) is 0 Å². The number of nitrogens with one attached hydrogen (secondary N) is 1. The average Bonchev–Trinajstić information content (AvgIpc) is 3.21. The minimum Gasteiger partial charge on any atom is -0.383 e. The zero-order valence-electron chi connectivity index (χ0n) is 19.0. The molecule has 3 amide bonds. The third kappa shape index (κ3) is 5.24. The van der Waals surface area contributed by atoms with Gasteiger partial charge in [-0.15, -0.1) is 0 Å². The Balaban J connectivity index is 1.50. The molecule has 33 heavy (non-hydrogen) atoms. The molecule has 0 bridgehead atoms. The molecule has 1 N–H and O–H groups in total. The Morgan fingerprint density at radius 3 is 2.73 bits per heavy atom. The number of ether oxygens (including phenoxy) is 1. The van der Waals surface area contributed by atoms with Gasteiger partial charge in [0.05, 0.1) is 6.61 Å².